The first-order valence-electron chi connectivity index (χ1n) is 4.74. The van der Waals surface area contributed by atoms with Gasteiger partial charge in [0.15, 0.2) is 0 Å². The van der Waals surface area contributed by atoms with Crippen LogP contribution in [0, 0.1) is 5.41 Å². The van der Waals surface area contributed by atoms with Crippen molar-refractivity contribution in [3.63, 3.8) is 0 Å². The van der Waals surface area contributed by atoms with E-state index in [1.54, 1.807) is 30.6 Å². The first kappa shape index (κ1) is 11.5. The summed E-state index contributed by atoms with van der Waals surface area (Å²) < 4.78 is 6.36. The molecule has 3 N–H and O–H groups in total. The number of nitrogen functional groups attached to an aromatic ring is 1. The molecular formula is C11H9BrN4O. The van der Waals surface area contributed by atoms with Gasteiger partial charge < -0.3 is 10.5 Å². The van der Waals surface area contributed by atoms with Gasteiger partial charge in [-0.05, 0) is 34.1 Å². The predicted octanol–water partition coefficient (Wildman–Crippen LogP) is 2.32. The molecule has 5 nitrogen and oxygen atoms in total. The molecule has 0 radical (unpaired) electrons. The van der Waals surface area contributed by atoms with Gasteiger partial charge in [0.1, 0.15) is 23.0 Å². The van der Waals surface area contributed by atoms with E-state index in [2.05, 4.69) is 25.9 Å². The largest absolute Gasteiger partial charge is 0.454 e. The second-order valence-corrected chi connectivity index (χ2v) is 4.15. The Kier molecular flexibility index (Phi) is 3.34. The molecule has 0 unspecified atom stereocenters. The van der Waals surface area contributed by atoms with E-state index in [1.807, 2.05) is 0 Å². The molecule has 0 aliphatic carbocycles. The molecule has 0 amide bonds. The number of amidine groups is 1. The minimum Gasteiger partial charge on any atom is -0.454 e. The van der Waals surface area contributed by atoms with Crippen LogP contribution >= 0.6 is 15.9 Å². The third kappa shape index (κ3) is 3.01. The standard InChI is InChI=1S/C11H9BrN4O/c12-7-3-9(5-15-4-7)17-8-1-2-10(11(13)14)16-6-8/h1-6H,(H3,13,14). The normalized spacial score (nSPS) is 9.94. The van der Waals surface area contributed by atoms with Gasteiger partial charge in [-0.25, -0.2) is 4.98 Å². The highest BCUT2D eigenvalue weighted by molar-refractivity contribution is 9.10. The lowest BCUT2D eigenvalue weighted by Gasteiger charge is -2.05. The number of hydrogen-bond donors (Lipinski definition) is 2. The zero-order valence-electron chi connectivity index (χ0n) is 8.72. The van der Waals surface area contributed by atoms with E-state index in [0.717, 1.165) is 4.47 Å². The fraction of sp³-hybridized carbons (Fsp3) is 0. The van der Waals surface area contributed by atoms with Crippen LogP contribution in [0.25, 0.3) is 0 Å². The smallest absolute Gasteiger partial charge is 0.146 e. The maximum atomic E-state index is 7.21. The van der Waals surface area contributed by atoms with Gasteiger partial charge in [-0.3, -0.25) is 10.4 Å². The Hall–Kier alpha value is -1.95. The highest BCUT2D eigenvalue weighted by atomic mass is 79.9. The maximum absolute atomic E-state index is 7.21. The third-order valence-electron chi connectivity index (χ3n) is 1.93. The highest BCUT2D eigenvalue weighted by Crippen LogP contribution is 2.22. The van der Waals surface area contributed by atoms with Crippen molar-refractivity contribution in [2.75, 3.05) is 0 Å². The average Bonchev–Trinajstić information content (AvgIpc) is 2.29. The van der Waals surface area contributed by atoms with Crippen molar-refractivity contribution >= 4 is 21.8 Å². The molecule has 2 aromatic rings. The Balaban J connectivity index is 2.16. The molecule has 0 fully saturated rings. The van der Waals surface area contributed by atoms with Crippen LogP contribution in [0.1, 0.15) is 5.69 Å². The molecule has 2 heterocycles. The molecule has 86 valence electrons. The second kappa shape index (κ2) is 4.92. The fourth-order valence-corrected chi connectivity index (χ4v) is 1.53. The van der Waals surface area contributed by atoms with E-state index < -0.39 is 0 Å². The summed E-state index contributed by atoms with van der Waals surface area (Å²) in [5, 5.41) is 7.21. The summed E-state index contributed by atoms with van der Waals surface area (Å²) in [6.07, 6.45) is 4.78. The first-order chi connectivity index (χ1) is 8.15. The topological polar surface area (TPSA) is 84.9 Å². The van der Waals surface area contributed by atoms with Crippen LogP contribution in [0.2, 0.25) is 0 Å². The molecule has 0 spiro atoms. The second-order valence-electron chi connectivity index (χ2n) is 3.23. The molecule has 0 bridgehead atoms. The summed E-state index contributed by atoms with van der Waals surface area (Å²) in [6, 6.07) is 5.12. The van der Waals surface area contributed by atoms with Crippen molar-refractivity contribution < 1.29 is 4.74 Å². The van der Waals surface area contributed by atoms with E-state index in [0.29, 0.717) is 17.2 Å². The van der Waals surface area contributed by atoms with Crippen molar-refractivity contribution in [1.82, 2.24) is 9.97 Å². The lowest BCUT2D eigenvalue weighted by atomic mass is 10.3. The molecule has 0 saturated heterocycles. The number of nitrogens with zero attached hydrogens (tertiary/aromatic N) is 2. The van der Waals surface area contributed by atoms with Crippen LogP contribution in [0.5, 0.6) is 11.5 Å². The van der Waals surface area contributed by atoms with E-state index in [1.165, 1.54) is 6.20 Å². The number of aromatic nitrogens is 2. The first-order valence-corrected chi connectivity index (χ1v) is 5.53. The maximum Gasteiger partial charge on any atom is 0.146 e. The lowest BCUT2D eigenvalue weighted by molar-refractivity contribution is 0.477. The Morgan fingerprint density at radius 2 is 2.06 bits per heavy atom. The van der Waals surface area contributed by atoms with Crippen LogP contribution in [-0.4, -0.2) is 15.8 Å². The Labute approximate surface area is 106 Å². The number of nitrogens with two attached hydrogens (primary N) is 1. The summed E-state index contributed by atoms with van der Waals surface area (Å²) >= 11 is 3.30. The zero-order valence-corrected chi connectivity index (χ0v) is 10.3. The van der Waals surface area contributed by atoms with Gasteiger partial charge >= 0.3 is 0 Å². The minimum absolute atomic E-state index is 0.0688. The summed E-state index contributed by atoms with van der Waals surface area (Å²) in [5.74, 6) is 1.10. The number of pyridine rings is 2. The highest BCUT2D eigenvalue weighted by Gasteiger charge is 2.01. The number of hydrogen-bond acceptors (Lipinski definition) is 4. The number of rotatable bonds is 3. The Morgan fingerprint density at radius 3 is 2.65 bits per heavy atom. The van der Waals surface area contributed by atoms with Crippen LogP contribution in [0.4, 0.5) is 0 Å². The van der Waals surface area contributed by atoms with Gasteiger partial charge in [0, 0.05) is 10.7 Å². The van der Waals surface area contributed by atoms with Crippen molar-refractivity contribution in [2.45, 2.75) is 0 Å². The Morgan fingerprint density at radius 1 is 1.24 bits per heavy atom. The van der Waals surface area contributed by atoms with Gasteiger partial charge in [-0.2, -0.15) is 0 Å². The summed E-state index contributed by atoms with van der Waals surface area (Å²) in [4.78, 5) is 7.97. The summed E-state index contributed by atoms with van der Waals surface area (Å²) in [6.45, 7) is 0. The van der Waals surface area contributed by atoms with Crippen LogP contribution in [0.3, 0.4) is 0 Å². The van der Waals surface area contributed by atoms with Gasteiger partial charge in [-0.1, -0.05) is 0 Å². The van der Waals surface area contributed by atoms with Crippen molar-refractivity contribution in [2.24, 2.45) is 5.73 Å². The summed E-state index contributed by atoms with van der Waals surface area (Å²) in [5.41, 5.74) is 5.72. The van der Waals surface area contributed by atoms with E-state index in [4.69, 9.17) is 15.9 Å². The van der Waals surface area contributed by atoms with Crippen LogP contribution in [0.15, 0.2) is 41.3 Å². The number of nitrogens with one attached hydrogen (secondary N) is 1. The van der Waals surface area contributed by atoms with Crippen molar-refractivity contribution in [1.29, 1.82) is 5.41 Å². The van der Waals surface area contributed by atoms with E-state index >= 15 is 0 Å². The van der Waals surface area contributed by atoms with Crippen LogP contribution in [-0.2, 0) is 0 Å². The molecule has 6 heteroatoms. The molecule has 0 aromatic carbocycles. The molecule has 2 aromatic heterocycles. The van der Waals surface area contributed by atoms with E-state index in [-0.39, 0.29) is 5.84 Å². The fourth-order valence-electron chi connectivity index (χ4n) is 1.18. The third-order valence-corrected chi connectivity index (χ3v) is 2.36. The molecule has 17 heavy (non-hydrogen) atoms. The molecule has 0 aliphatic heterocycles. The van der Waals surface area contributed by atoms with Crippen molar-refractivity contribution in [3.05, 3.63) is 47.0 Å². The van der Waals surface area contributed by atoms with Gasteiger partial charge in [0.05, 0.1) is 12.4 Å². The van der Waals surface area contributed by atoms with Crippen molar-refractivity contribution in [3.8, 4) is 11.5 Å². The molecule has 0 aliphatic rings. The van der Waals surface area contributed by atoms with Gasteiger partial charge in [-0.15, -0.1) is 0 Å². The van der Waals surface area contributed by atoms with E-state index in [9.17, 15) is 0 Å². The predicted molar refractivity (Wildman–Crippen MR) is 67.3 cm³/mol. The average molecular weight is 293 g/mol. The SMILES string of the molecule is N=C(N)c1ccc(Oc2cncc(Br)c2)cn1. The molecule has 0 saturated carbocycles. The van der Waals surface area contributed by atoms with Gasteiger partial charge in [0.2, 0.25) is 0 Å². The quantitative estimate of drug-likeness (QED) is 0.671. The molecular weight excluding hydrogens is 284 g/mol. The number of halogens is 1. The van der Waals surface area contributed by atoms with Gasteiger partial charge in [0.25, 0.3) is 0 Å². The molecule has 2 rings (SSSR count). The van der Waals surface area contributed by atoms with Crippen LogP contribution < -0.4 is 10.5 Å². The summed E-state index contributed by atoms with van der Waals surface area (Å²) in [7, 11) is 0. The molecule has 0 atom stereocenters. The Bertz CT molecular complexity index is 541. The lowest BCUT2D eigenvalue weighted by Crippen LogP contribution is -2.12. The minimum atomic E-state index is -0.0688. The monoisotopic (exact) mass is 292 g/mol. The zero-order chi connectivity index (χ0) is 12.3. The number of ether oxygens (including phenoxy) is 1.